The Kier molecular flexibility index (Phi) is 7.12. The summed E-state index contributed by atoms with van der Waals surface area (Å²) in [5.41, 5.74) is 9.16. The molecule has 0 saturated carbocycles. The number of rotatable bonds is 7. The largest absolute Gasteiger partial charge is 0.253 e. The highest BCUT2D eigenvalue weighted by atomic mass is 15.0. The van der Waals surface area contributed by atoms with Gasteiger partial charge in [-0.3, -0.25) is 4.98 Å². The summed E-state index contributed by atoms with van der Waals surface area (Å²) in [5, 5.41) is 1.15. The highest BCUT2D eigenvalue weighted by molar-refractivity contribution is 5.95. The summed E-state index contributed by atoms with van der Waals surface area (Å²) in [7, 11) is 0. The maximum Gasteiger partial charge on any atom is 0.164 e. The molecule has 41 heavy (non-hydrogen) atoms. The van der Waals surface area contributed by atoms with Gasteiger partial charge in [0.2, 0.25) is 0 Å². The predicted molar refractivity (Wildman–Crippen MR) is 170 cm³/mol. The van der Waals surface area contributed by atoms with E-state index in [2.05, 4.69) is 79.9 Å². The Morgan fingerprint density at radius 1 is 0.585 bits per heavy atom. The Morgan fingerprint density at radius 3 is 2.02 bits per heavy atom. The van der Waals surface area contributed by atoms with Crippen LogP contribution in [0, 0.1) is 6.92 Å². The Labute approximate surface area is 240 Å². The Hall–Kier alpha value is -5.48. The minimum absolute atomic E-state index is 0.554. The molecular formula is C37H28N4. The number of benzene rings is 4. The minimum atomic E-state index is 0.554. The van der Waals surface area contributed by atoms with Crippen molar-refractivity contribution in [2.45, 2.75) is 6.92 Å². The fourth-order valence-electron chi connectivity index (χ4n) is 4.90. The van der Waals surface area contributed by atoms with Gasteiger partial charge in [-0.25, -0.2) is 15.0 Å². The normalized spacial score (nSPS) is 11.4. The summed E-state index contributed by atoms with van der Waals surface area (Å²) >= 11 is 0. The first-order chi connectivity index (χ1) is 20.1. The van der Waals surface area contributed by atoms with Crippen molar-refractivity contribution in [2.24, 2.45) is 0 Å². The number of hydrogen-bond acceptors (Lipinski definition) is 4. The molecule has 2 aromatic heterocycles. The van der Waals surface area contributed by atoms with E-state index >= 15 is 0 Å². The summed E-state index contributed by atoms with van der Waals surface area (Å²) in [5.74, 6) is 1.76. The van der Waals surface area contributed by atoms with Gasteiger partial charge >= 0.3 is 0 Å². The molecule has 0 amide bonds. The van der Waals surface area contributed by atoms with Crippen LogP contribution in [-0.4, -0.2) is 19.9 Å². The Bertz CT molecular complexity index is 1920. The average Bonchev–Trinajstić information content (AvgIpc) is 3.03. The third kappa shape index (κ3) is 5.36. The molecule has 0 aliphatic rings. The van der Waals surface area contributed by atoms with Crippen LogP contribution in [0.25, 0.3) is 61.5 Å². The van der Waals surface area contributed by atoms with Crippen molar-refractivity contribution in [3.05, 3.63) is 152 Å². The maximum absolute atomic E-state index is 4.86. The van der Waals surface area contributed by atoms with Crippen LogP contribution >= 0.6 is 0 Å². The first kappa shape index (κ1) is 25.8. The van der Waals surface area contributed by atoms with Gasteiger partial charge in [-0.05, 0) is 47.4 Å². The molecule has 0 N–H and O–H groups in total. The zero-order chi connectivity index (χ0) is 28.2. The van der Waals surface area contributed by atoms with Crippen LogP contribution < -0.4 is 0 Å². The highest BCUT2D eigenvalue weighted by Crippen LogP contribution is 2.32. The van der Waals surface area contributed by atoms with Gasteiger partial charge in [0, 0.05) is 27.8 Å². The zero-order valence-corrected chi connectivity index (χ0v) is 22.8. The van der Waals surface area contributed by atoms with Gasteiger partial charge in [0.25, 0.3) is 0 Å². The van der Waals surface area contributed by atoms with E-state index < -0.39 is 0 Å². The first-order valence-electron chi connectivity index (χ1n) is 13.5. The lowest BCUT2D eigenvalue weighted by Crippen LogP contribution is -2.02. The summed E-state index contributed by atoms with van der Waals surface area (Å²) < 4.78 is 0. The molecule has 0 radical (unpaired) electrons. The number of nitrogens with zero attached hydrogens (tertiary/aromatic N) is 4. The van der Waals surface area contributed by atoms with Gasteiger partial charge in [0.05, 0.1) is 5.52 Å². The van der Waals surface area contributed by atoms with Crippen molar-refractivity contribution in [3.8, 4) is 45.0 Å². The van der Waals surface area contributed by atoms with Crippen LogP contribution in [0.1, 0.15) is 11.5 Å². The summed E-state index contributed by atoms with van der Waals surface area (Å²) in [4.78, 5) is 19.1. The van der Waals surface area contributed by atoms with Gasteiger partial charge in [0.15, 0.2) is 17.5 Å². The molecule has 2 heterocycles. The second-order valence-corrected chi connectivity index (χ2v) is 9.72. The Morgan fingerprint density at radius 2 is 1.27 bits per heavy atom. The quantitative estimate of drug-likeness (QED) is 0.194. The fourth-order valence-corrected chi connectivity index (χ4v) is 4.90. The van der Waals surface area contributed by atoms with Crippen LogP contribution in [0.5, 0.6) is 0 Å². The lowest BCUT2D eigenvalue weighted by Gasteiger charge is -2.11. The van der Waals surface area contributed by atoms with Gasteiger partial charge in [-0.2, -0.15) is 0 Å². The second-order valence-electron chi connectivity index (χ2n) is 9.72. The molecule has 0 aliphatic heterocycles. The van der Waals surface area contributed by atoms with Crippen LogP contribution in [0.2, 0.25) is 0 Å². The number of pyridine rings is 1. The molecule has 4 nitrogen and oxygen atoms in total. The summed E-state index contributed by atoms with van der Waals surface area (Å²) in [6.45, 7) is 9.79. The fraction of sp³-hybridized carbons (Fsp3) is 0.0270. The monoisotopic (exact) mass is 528 g/mol. The molecule has 0 bridgehead atoms. The highest BCUT2D eigenvalue weighted by Gasteiger charge is 2.13. The van der Waals surface area contributed by atoms with Gasteiger partial charge in [0.1, 0.15) is 0 Å². The molecule has 0 fully saturated rings. The molecule has 6 rings (SSSR count). The van der Waals surface area contributed by atoms with Crippen LogP contribution in [-0.2, 0) is 0 Å². The summed E-state index contributed by atoms with van der Waals surface area (Å²) in [6, 6.07) is 37.4. The van der Waals surface area contributed by atoms with Crippen LogP contribution in [0.15, 0.2) is 141 Å². The van der Waals surface area contributed by atoms with E-state index in [1.165, 1.54) is 5.56 Å². The maximum atomic E-state index is 4.86. The van der Waals surface area contributed by atoms with Crippen LogP contribution in [0.3, 0.4) is 0 Å². The predicted octanol–water partition coefficient (Wildman–Crippen LogP) is 9.15. The standard InChI is InChI=1S/C37H28N4/c1-4-11-26(5-2)35-39-36(29-12-7-6-8-13-29)41-37(40-35)31-15-9-14-30(24-31)27-19-21-28(22-20-27)32-16-10-17-34-33(32)23-18-25(3)38-34/h4-24H,1-2H2,3H3/b26-11+. The lowest BCUT2D eigenvalue weighted by atomic mass is 9.97. The smallest absolute Gasteiger partial charge is 0.164 e. The van der Waals surface area contributed by atoms with Gasteiger partial charge < -0.3 is 0 Å². The number of aromatic nitrogens is 4. The minimum Gasteiger partial charge on any atom is -0.253 e. The number of hydrogen-bond donors (Lipinski definition) is 0. The molecule has 4 aromatic carbocycles. The summed E-state index contributed by atoms with van der Waals surface area (Å²) in [6.07, 6.45) is 5.30. The molecule has 4 heteroatoms. The number of aryl methyl sites for hydroxylation is 1. The molecule has 0 atom stereocenters. The van der Waals surface area contributed by atoms with E-state index in [9.17, 15) is 0 Å². The SMILES string of the molecule is C=C/C=C(\C=C)c1nc(-c2ccccc2)nc(-c2cccc(-c3ccc(-c4cccc5nc(C)ccc45)cc3)c2)n1. The molecule has 0 spiro atoms. The third-order valence-corrected chi connectivity index (χ3v) is 6.96. The van der Waals surface area contributed by atoms with Crippen molar-refractivity contribution in [3.63, 3.8) is 0 Å². The first-order valence-corrected chi connectivity index (χ1v) is 13.5. The van der Waals surface area contributed by atoms with E-state index in [0.717, 1.165) is 50.0 Å². The molecule has 0 saturated heterocycles. The van der Waals surface area contributed by atoms with Crippen molar-refractivity contribution >= 4 is 16.5 Å². The van der Waals surface area contributed by atoms with Crippen molar-refractivity contribution in [1.29, 1.82) is 0 Å². The topological polar surface area (TPSA) is 51.6 Å². The second kappa shape index (κ2) is 11.3. The van der Waals surface area contributed by atoms with Gasteiger partial charge in [-0.1, -0.05) is 122 Å². The zero-order valence-electron chi connectivity index (χ0n) is 22.8. The van der Waals surface area contributed by atoms with Gasteiger partial charge in [-0.15, -0.1) is 0 Å². The average molecular weight is 529 g/mol. The molecule has 0 aliphatic carbocycles. The molecule has 6 aromatic rings. The van der Waals surface area contributed by atoms with Crippen LogP contribution in [0.4, 0.5) is 0 Å². The Balaban J connectivity index is 1.39. The van der Waals surface area contributed by atoms with E-state index in [1.807, 2.05) is 55.5 Å². The van der Waals surface area contributed by atoms with E-state index in [-0.39, 0.29) is 0 Å². The lowest BCUT2D eigenvalue weighted by molar-refractivity contribution is 1.04. The van der Waals surface area contributed by atoms with Crippen molar-refractivity contribution < 1.29 is 0 Å². The van der Waals surface area contributed by atoms with E-state index in [0.29, 0.717) is 17.5 Å². The molecular weight excluding hydrogens is 500 g/mol. The number of fused-ring (bicyclic) bond motifs is 1. The van der Waals surface area contributed by atoms with E-state index in [1.54, 1.807) is 12.2 Å². The molecule has 0 unspecified atom stereocenters. The van der Waals surface area contributed by atoms with Crippen molar-refractivity contribution in [1.82, 2.24) is 19.9 Å². The number of allylic oxidation sites excluding steroid dienone is 4. The third-order valence-electron chi connectivity index (χ3n) is 6.96. The van der Waals surface area contributed by atoms with E-state index in [4.69, 9.17) is 19.9 Å². The molecule has 196 valence electrons. The van der Waals surface area contributed by atoms with Crippen molar-refractivity contribution in [2.75, 3.05) is 0 Å².